The van der Waals surface area contributed by atoms with E-state index in [4.69, 9.17) is 30.4 Å². The Balaban J connectivity index is 1.51. The Morgan fingerprint density at radius 2 is 1.43 bits per heavy atom. The van der Waals surface area contributed by atoms with E-state index in [1.807, 2.05) is 0 Å². The van der Waals surface area contributed by atoms with Crippen molar-refractivity contribution in [3.05, 3.63) is 41.5 Å². The molecule has 7 atom stereocenters. The predicted molar refractivity (Wildman–Crippen MR) is 136 cm³/mol. The molecule has 6 nitrogen and oxygen atoms in total. The van der Waals surface area contributed by atoms with Crippen LogP contribution in [0.1, 0.15) is 57.1 Å². The van der Waals surface area contributed by atoms with Crippen LogP contribution in [0.2, 0.25) is 0 Å². The summed E-state index contributed by atoms with van der Waals surface area (Å²) in [7, 11) is 0. The summed E-state index contributed by atoms with van der Waals surface area (Å²) in [5.41, 5.74) is 16.6. The molecule has 4 aliphatic heterocycles. The highest BCUT2D eigenvalue weighted by Gasteiger charge is 2.68. The third kappa shape index (κ3) is 4.36. The van der Waals surface area contributed by atoms with Gasteiger partial charge in [-0.25, -0.2) is 0 Å². The summed E-state index contributed by atoms with van der Waals surface area (Å²) in [5, 5.41) is 0. The number of benzene rings is 1. The van der Waals surface area contributed by atoms with Crippen molar-refractivity contribution in [3.8, 4) is 0 Å². The molecule has 192 valence electrons. The Bertz CT molecular complexity index is 951. The molecular weight excluding hydrogens is 440 g/mol. The minimum Gasteiger partial charge on any atom is -0.399 e. The number of hydrogen-bond acceptors (Lipinski definition) is 6. The lowest BCUT2D eigenvalue weighted by Gasteiger charge is -2.64. The largest absolute Gasteiger partial charge is 0.399 e. The molecule has 0 bridgehead atoms. The number of anilines is 1. The Morgan fingerprint density at radius 1 is 0.857 bits per heavy atom. The molecule has 4 heterocycles. The van der Waals surface area contributed by atoms with E-state index in [0.29, 0.717) is 24.4 Å². The summed E-state index contributed by atoms with van der Waals surface area (Å²) in [4.78, 5) is 0. The van der Waals surface area contributed by atoms with Gasteiger partial charge in [-0.2, -0.15) is 0 Å². The first-order valence-electron chi connectivity index (χ1n) is 13.7. The zero-order valence-corrected chi connectivity index (χ0v) is 21.3. The number of nitrogens with two attached hydrogens (primary N) is 2. The summed E-state index contributed by atoms with van der Waals surface area (Å²) in [5.74, 6) is 0. The van der Waals surface area contributed by atoms with Crippen LogP contribution in [-0.4, -0.2) is 56.9 Å². The molecule has 0 aromatic heterocycles. The van der Waals surface area contributed by atoms with Crippen LogP contribution >= 0.6 is 0 Å². The summed E-state index contributed by atoms with van der Waals surface area (Å²) in [6.07, 6.45) is 13.0. The highest BCUT2D eigenvalue weighted by Crippen LogP contribution is 2.69. The second-order valence-corrected chi connectivity index (χ2v) is 11.8. The van der Waals surface area contributed by atoms with Gasteiger partial charge in [-0.15, -0.1) is 0 Å². The van der Waals surface area contributed by atoms with E-state index in [1.165, 1.54) is 11.1 Å². The van der Waals surface area contributed by atoms with Crippen LogP contribution in [0.15, 0.2) is 30.4 Å². The van der Waals surface area contributed by atoms with E-state index in [-0.39, 0.29) is 22.3 Å². The topological polar surface area (TPSA) is 102 Å². The van der Waals surface area contributed by atoms with Crippen molar-refractivity contribution in [1.29, 1.82) is 0 Å². The minimum absolute atomic E-state index is 0.0138. The third-order valence-corrected chi connectivity index (χ3v) is 9.85. The number of hydrogen-bond donors (Lipinski definition) is 2. The fraction of sp³-hybridized carbons (Fsp3) is 0.724. The van der Waals surface area contributed by atoms with Gasteiger partial charge in [-0.05, 0) is 73.0 Å². The number of aryl methyl sites for hydroxylation is 1. The summed E-state index contributed by atoms with van der Waals surface area (Å²) >= 11 is 0. The molecule has 1 aromatic carbocycles. The molecule has 0 spiro atoms. The molecule has 6 heteroatoms. The number of epoxide rings is 4. The molecule has 0 saturated carbocycles. The molecule has 5 aliphatic rings. The molecule has 4 fully saturated rings. The lowest BCUT2D eigenvalue weighted by atomic mass is 9.39. The van der Waals surface area contributed by atoms with Crippen LogP contribution in [-0.2, 0) is 31.8 Å². The summed E-state index contributed by atoms with van der Waals surface area (Å²) < 4.78 is 23.7. The van der Waals surface area contributed by atoms with Gasteiger partial charge in [-0.3, -0.25) is 0 Å². The van der Waals surface area contributed by atoms with Gasteiger partial charge in [0, 0.05) is 17.1 Å². The van der Waals surface area contributed by atoms with Gasteiger partial charge in [0.2, 0.25) is 0 Å². The molecule has 7 unspecified atom stereocenters. The van der Waals surface area contributed by atoms with Crippen molar-refractivity contribution < 1.29 is 18.9 Å². The van der Waals surface area contributed by atoms with Crippen molar-refractivity contribution in [2.45, 2.75) is 89.3 Å². The lowest BCUT2D eigenvalue weighted by molar-refractivity contribution is -0.121. The van der Waals surface area contributed by atoms with Crippen LogP contribution < -0.4 is 11.5 Å². The first-order valence-corrected chi connectivity index (χ1v) is 13.7. The molecule has 4 saturated heterocycles. The second-order valence-electron chi connectivity index (χ2n) is 11.8. The Kier molecular flexibility index (Phi) is 6.05. The third-order valence-electron chi connectivity index (χ3n) is 9.85. The zero-order chi connectivity index (χ0) is 24.3. The quantitative estimate of drug-likeness (QED) is 0.267. The molecule has 0 amide bonds. The van der Waals surface area contributed by atoms with Crippen molar-refractivity contribution in [2.75, 3.05) is 32.2 Å². The van der Waals surface area contributed by atoms with Gasteiger partial charge in [0.15, 0.2) is 0 Å². The van der Waals surface area contributed by atoms with E-state index < -0.39 is 0 Å². The normalized spacial score (nSPS) is 43.2. The minimum atomic E-state index is -0.103. The maximum atomic E-state index is 7.12. The smallest absolute Gasteiger partial charge is 0.0818 e. The van der Waals surface area contributed by atoms with Crippen molar-refractivity contribution in [3.63, 3.8) is 0 Å². The van der Waals surface area contributed by atoms with Crippen LogP contribution in [0.5, 0.6) is 0 Å². The number of nitrogen functional groups attached to an aromatic ring is 1. The first-order chi connectivity index (χ1) is 16.9. The highest BCUT2D eigenvalue weighted by molar-refractivity contribution is 5.49. The van der Waals surface area contributed by atoms with Gasteiger partial charge in [0.1, 0.15) is 0 Å². The van der Waals surface area contributed by atoms with Gasteiger partial charge in [0.05, 0.1) is 50.8 Å². The van der Waals surface area contributed by atoms with E-state index in [2.05, 4.69) is 44.2 Å². The Labute approximate surface area is 209 Å². The average Bonchev–Trinajstić information content (AvgIpc) is 3.68. The Hall–Kier alpha value is -1.44. The fourth-order valence-electron chi connectivity index (χ4n) is 7.73. The van der Waals surface area contributed by atoms with Gasteiger partial charge in [0.25, 0.3) is 0 Å². The van der Waals surface area contributed by atoms with E-state index in [0.717, 1.165) is 77.1 Å². The summed E-state index contributed by atoms with van der Waals surface area (Å²) in [6.45, 7) is 7.93. The monoisotopic (exact) mass is 482 g/mol. The molecular formula is C29H42N2O4. The predicted octanol–water partition coefficient (Wildman–Crippen LogP) is 3.80. The van der Waals surface area contributed by atoms with Gasteiger partial charge >= 0.3 is 0 Å². The number of rotatable bonds is 12. The molecule has 1 aromatic rings. The zero-order valence-electron chi connectivity index (χ0n) is 21.3. The van der Waals surface area contributed by atoms with Crippen molar-refractivity contribution in [1.82, 2.24) is 0 Å². The molecule has 1 aliphatic carbocycles. The number of allylic oxidation sites excluding steroid dienone is 1. The van der Waals surface area contributed by atoms with Crippen molar-refractivity contribution in [2.24, 2.45) is 22.0 Å². The average molecular weight is 483 g/mol. The van der Waals surface area contributed by atoms with Crippen LogP contribution in [0.3, 0.4) is 0 Å². The number of ether oxygens (including phenoxy) is 4. The Morgan fingerprint density at radius 3 is 1.97 bits per heavy atom. The first kappa shape index (κ1) is 23.9. The van der Waals surface area contributed by atoms with Gasteiger partial charge in [-0.1, -0.05) is 38.1 Å². The van der Waals surface area contributed by atoms with Crippen LogP contribution in [0.4, 0.5) is 5.69 Å². The standard InChI is InChI=1S/C29H42N2O4/c1-3-20-9-19(5-6-25(20)30)10-27(11-21-15-32-21)8-7-26(31)28(4-2,12-22-16-33-22)29(27,13-23-17-34-23)14-24-18-35-24/h5-9,21-24,26H,3-4,10-18,30-31H2,1-2H3. The van der Waals surface area contributed by atoms with Crippen LogP contribution in [0.25, 0.3) is 0 Å². The van der Waals surface area contributed by atoms with E-state index >= 15 is 0 Å². The lowest BCUT2D eigenvalue weighted by Crippen LogP contribution is -2.64. The molecule has 4 N–H and O–H groups in total. The molecule has 35 heavy (non-hydrogen) atoms. The van der Waals surface area contributed by atoms with E-state index in [1.54, 1.807) is 0 Å². The maximum Gasteiger partial charge on any atom is 0.0818 e. The fourth-order valence-corrected chi connectivity index (χ4v) is 7.73. The van der Waals surface area contributed by atoms with Gasteiger partial charge < -0.3 is 30.4 Å². The maximum absolute atomic E-state index is 7.12. The second kappa shape index (κ2) is 8.84. The highest BCUT2D eigenvalue weighted by atomic mass is 16.6. The molecule has 6 rings (SSSR count). The van der Waals surface area contributed by atoms with Crippen LogP contribution in [0, 0.1) is 16.2 Å². The van der Waals surface area contributed by atoms with Crippen molar-refractivity contribution >= 4 is 5.69 Å². The SMILES string of the molecule is CCc1cc(CC2(CC3CO3)C=CC(N)C(CC)(CC3CO3)C2(CC2CO2)CC2CO2)ccc1N. The van der Waals surface area contributed by atoms with E-state index in [9.17, 15) is 0 Å². The molecule has 0 radical (unpaired) electrons. The summed E-state index contributed by atoms with van der Waals surface area (Å²) in [6, 6.07) is 6.64.